The molecule has 1 atom stereocenters. The minimum absolute atomic E-state index is 0.0257. The van der Waals surface area contributed by atoms with Crippen LogP contribution in [-0.4, -0.2) is 72.9 Å². The Morgan fingerprint density at radius 2 is 1.96 bits per heavy atom. The van der Waals surface area contributed by atoms with Gasteiger partial charge in [0, 0.05) is 26.2 Å². The van der Waals surface area contributed by atoms with Crippen molar-refractivity contribution in [3.63, 3.8) is 0 Å². The lowest BCUT2D eigenvalue weighted by Gasteiger charge is -2.46. The fourth-order valence-corrected chi connectivity index (χ4v) is 3.70. The molecule has 0 saturated carbocycles. The largest absolute Gasteiger partial charge is 0.395 e. The van der Waals surface area contributed by atoms with E-state index >= 15 is 0 Å². The Kier molecular flexibility index (Phi) is 4.99. The Morgan fingerprint density at radius 1 is 1.26 bits per heavy atom. The van der Waals surface area contributed by atoms with Gasteiger partial charge in [0.2, 0.25) is 5.91 Å². The third-order valence-corrected chi connectivity index (χ3v) is 5.11. The third kappa shape index (κ3) is 3.57. The molecule has 2 heterocycles. The second-order valence-corrected chi connectivity index (χ2v) is 6.74. The number of morpholine rings is 1. The highest BCUT2D eigenvalue weighted by Crippen LogP contribution is 2.31. The number of likely N-dealkylation sites (tertiary alicyclic amines) is 1. The Hall–Kier alpha value is -1.43. The van der Waals surface area contributed by atoms with E-state index in [1.54, 1.807) is 0 Å². The fraction of sp³-hybridized carbons (Fsp3) is 0.611. The van der Waals surface area contributed by atoms with Gasteiger partial charge >= 0.3 is 0 Å². The van der Waals surface area contributed by atoms with Crippen LogP contribution in [0, 0.1) is 0 Å². The monoisotopic (exact) mass is 318 g/mol. The maximum Gasteiger partial charge on any atom is 0.232 e. The summed E-state index contributed by atoms with van der Waals surface area (Å²) < 4.78 is 6.05. The molecule has 2 aliphatic heterocycles. The highest BCUT2D eigenvalue weighted by atomic mass is 16.5. The van der Waals surface area contributed by atoms with Crippen LogP contribution in [-0.2, 0) is 9.53 Å². The quantitative estimate of drug-likeness (QED) is 0.906. The Labute approximate surface area is 137 Å². The van der Waals surface area contributed by atoms with Gasteiger partial charge in [0.15, 0.2) is 0 Å². The number of likely N-dealkylation sites (N-methyl/N-ethyl adjacent to an activating group) is 1. The average Bonchev–Trinajstić information content (AvgIpc) is 2.57. The topological polar surface area (TPSA) is 53.0 Å². The van der Waals surface area contributed by atoms with E-state index in [1.165, 1.54) is 0 Å². The van der Waals surface area contributed by atoms with Gasteiger partial charge in [-0.25, -0.2) is 0 Å². The van der Waals surface area contributed by atoms with Gasteiger partial charge in [-0.1, -0.05) is 30.3 Å². The van der Waals surface area contributed by atoms with Gasteiger partial charge in [-0.3, -0.25) is 4.79 Å². The van der Waals surface area contributed by atoms with E-state index in [4.69, 9.17) is 4.74 Å². The standard InChI is InChI=1S/C18H26N2O3/c1-19-11-12-23-18(14-19)7-9-20(10-8-18)17(22)16(13-21)15-5-3-2-4-6-15/h2-6,16,21H,7-14H2,1H3. The number of ether oxygens (including phenoxy) is 1. The van der Waals surface area contributed by atoms with Gasteiger partial charge in [-0.05, 0) is 25.5 Å². The SMILES string of the molecule is CN1CCOC2(CCN(C(=O)C(CO)c3ccccc3)CC2)C1. The summed E-state index contributed by atoms with van der Waals surface area (Å²) in [4.78, 5) is 17.0. The molecule has 1 unspecified atom stereocenters. The summed E-state index contributed by atoms with van der Waals surface area (Å²) in [7, 11) is 2.12. The van der Waals surface area contributed by atoms with Gasteiger partial charge in [0.1, 0.15) is 0 Å². The minimum Gasteiger partial charge on any atom is -0.395 e. The first-order valence-electron chi connectivity index (χ1n) is 8.41. The summed E-state index contributed by atoms with van der Waals surface area (Å²) in [5.74, 6) is -0.432. The molecule has 3 rings (SSSR count). The van der Waals surface area contributed by atoms with Crippen molar-refractivity contribution in [1.29, 1.82) is 0 Å². The van der Waals surface area contributed by atoms with Crippen molar-refractivity contribution < 1.29 is 14.6 Å². The average molecular weight is 318 g/mol. The molecule has 2 aliphatic rings. The van der Waals surface area contributed by atoms with Crippen LogP contribution in [0.15, 0.2) is 30.3 Å². The van der Waals surface area contributed by atoms with Crippen LogP contribution in [0.2, 0.25) is 0 Å². The Bertz CT molecular complexity index is 526. The van der Waals surface area contributed by atoms with Crippen LogP contribution in [0.4, 0.5) is 0 Å². The van der Waals surface area contributed by atoms with Crippen LogP contribution >= 0.6 is 0 Å². The smallest absolute Gasteiger partial charge is 0.232 e. The van der Waals surface area contributed by atoms with Crippen molar-refractivity contribution >= 4 is 5.91 Å². The number of benzene rings is 1. The normalized spacial score (nSPS) is 23.0. The fourth-order valence-electron chi connectivity index (χ4n) is 3.70. The molecule has 0 radical (unpaired) electrons. The molecule has 5 heteroatoms. The third-order valence-electron chi connectivity index (χ3n) is 5.11. The lowest BCUT2D eigenvalue weighted by Crippen LogP contribution is -2.57. The number of carbonyl (C=O) groups is 1. The summed E-state index contributed by atoms with van der Waals surface area (Å²) in [5, 5.41) is 9.68. The summed E-state index contributed by atoms with van der Waals surface area (Å²) in [6, 6.07) is 9.54. The van der Waals surface area contributed by atoms with E-state index in [-0.39, 0.29) is 18.1 Å². The van der Waals surface area contributed by atoms with E-state index in [9.17, 15) is 9.90 Å². The van der Waals surface area contributed by atoms with Crippen molar-refractivity contribution in [2.24, 2.45) is 0 Å². The van der Waals surface area contributed by atoms with Crippen LogP contribution in [0.1, 0.15) is 24.3 Å². The molecule has 1 N–H and O–H groups in total. The zero-order valence-corrected chi connectivity index (χ0v) is 13.8. The predicted molar refractivity (Wildman–Crippen MR) is 88.3 cm³/mol. The number of aliphatic hydroxyl groups excluding tert-OH is 1. The first kappa shape index (κ1) is 16.4. The summed E-state index contributed by atoms with van der Waals surface area (Å²) in [5.41, 5.74) is 0.791. The zero-order chi connectivity index (χ0) is 16.3. The van der Waals surface area contributed by atoms with Gasteiger partial charge in [0.05, 0.1) is 24.7 Å². The van der Waals surface area contributed by atoms with E-state index in [2.05, 4.69) is 11.9 Å². The van der Waals surface area contributed by atoms with Crippen molar-refractivity contribution in [2.75, 3.05) is 46.4 Å². The number of amides is 1. The van der Waals surface area contributed by atoms with Gasteiger partial charge < -0.3 is 19.6 Å². The first-order chi connectivity index (χ1) is 11.1. The maximum atomic E-state index is 12.8. The molecule has 1 spiro atoms. The second-order valence-electron chi connectivity index (χ2n) is 6.74. The Morgan fingerprint density at radius 3 is 2.57 bits per heavy atom. The van der Waals surface area contributed by atoms with Crippen molar-refractivity contribution in [2.45, 2.75) is 24.4 Å². The van der Waals surface area contributed by atoms with Crippen LogP contribution < -0.4 is 0 Å². The van der Waals surface area contributed by atoms with Gasteiger partial charge in [-0.15, -0.1) is 0 Å². The Balaban J connectivity index is 1.63. The van der Waals surface area contributed by atoms with Crippen LogP contribution in [0.3, 0.4) is 0 Å². The molecule has 2 saturated heterocycles. The lowest BCUT2D eigenvalue weighted by molar-refractivity contribution is -0.150. The van der Waals surface area contributed by atoms with E-state index in [0.717, 1.165) is 38.1 Å². The number of carbonyl (C=O) groups excluding carboxylic acids is 1. The first-order valence-corrected chi connectivity index (χ1v) is 8.41. The van der Waals surface area contributed by atoms with Crippen molar-refractivity contribution in [1.82, 2.24) is 9.80 Å². The molecule has 1 aromatic rings. The number of aliphatic hydroxyl groups is 1. The van der Waals surface area contributed by atoms with E-state index < -0.39 is 5.92 Å². The number of hydrogen-bond donors (Lipinski definition) is 1. The molecule has 1 amide bonds. The van der Waals surface area contributed by atoms with E-state index in [0.29, 0.717) is 13.1 Å². The molecular weight excluding hydrogens is 292 g/mol. The van der Waals surface area contributed by atoms with Crippen molar-refractivity contribution in [3.05, 3.63) is 35.9 Å². The number of nitrogens with zero attached hydrogens (tertiary/aromatic N) is 2. The molecular formula is C18H26N2O3. The second kappa shape index (κ2) is 6.99. The molecule has 0 aliphatic carbocycles. The molecule has 0 bridgehead atoms. The maximum absolute atomic E-state index is 12.8. The molecule has 0 aromatic heterocycles. The molecule has 2 fully saturated rings. The van der Waals surface area contributed by atoms with Gasteiger partial charge in [-0.2, -0.15) is 0 Å². The lowest BCUT2D eigenvalue weighted by atomic mass is 9.88. The molecule has 23 heavy (non-hydrogen) atoms. The van der Waals surface area contributed by atoms with Crippen molar-refractivity contribution in [3.8, 4) is 0 Å². The summed E-state index contributed by atoms with van der Waals surface area (Å²) in [6.45, 7) is 3.95. The zero-order valence-electron chi connectivity index (χ0n) is 13.8. The summed E-state index contributed by atoms with van der Waals surface area (Å²) in [6.07, 6.45) is 1.74. The molecule has 1 aromatic carbocycles. The van der Waals surface area contributed by atoms with Crippen LogP contribution in [0.5, 0.6) is 0 Å². The van der Waals surface area contributed by atoms with E-state index in [1.807, 2.05) is 35.2 Å². The molecule has 126 valence electrons. The van der Waals surface area contributed by atoms with Crippen LogP contribution in [0.25, 0.3) is 0 Å². The highest BCUT2D eigenvalue weighted by Gasteiger charge is 2.40. The number of hydrogen-bond acceptors (Lipinski definition) is 4. The minimum atomic E-state index is -0.458. The predicted octanol–water partition coefficient (Wildman–Crippen LogP) is 1.09. The number of rotatable bonds is 3. The summed E-state index contributed by atoms with van der Waals surface area (Å²) >= 11 is 0. The molecule has 5 nitrogen and oxygen atoms in total. The highest BCUT2D eigenvalue weighted by molar-refractivity contribution is 5.84. The van der Waals surface area contributed by atoms with Gasteiger partial charge in [0.25, 0.3) is 0 Å². The number of piperidine rings is 1.